The summed E-state index contributed by atoms with van der Waals surface area (Å²) in [4.78, 5) is 5.66. The highest BCUT2D eigenvalue weighted by atomic mass is 79.9. The van der Waals surface area contributed by atoms with Gasteiger partial charge in [0, 0.05) is 22.4 Å². The maximum atomic E-state index is 4.35. The van der Waals surface area contributed by atoms with Crippen LogP contribution >= 0.6 is 27.3 Å². The van der Waals surface area contributed by atoms with E-state index in [0.29, 0.717) is 0 Å². The lowest BCUT2D eigenvalue weighted by molar-refractivity contribution is 0.761. The van der Waals surface area contributed by atoms with Gasteiger partial charge in [-0.25, -0.2) is 4.98 Å². The van der Waals surface area contributed by atoms with Crippen molar-refractivity contribution < 1.29 is 0 Å². The largest absolute Gasteiger partial charge is 0.307 e. The van der Waals surface area contributed by atoms with Crippen LogP contribution in [0.5, 0.6) is 0 Å². The Balaban J connectivity index is 2.45. The molecule has 0 saturated heterocycles. The second-order valence-corrected chi connectivity index (χ2v) is 5.27. The summed E-state index contributed by atoms with van der Waals surface area (Å²) >= 11 is 5.05. The van der Waals surface area contributed by atoms with Crippen molar-refractivity contribution in [2.45, 2.75) is 20.4 Å². The monoisotopic (exact) mass is 260 g/mol. The van der Waals surface area contributed by atoms with Crippen molar-refractivity contribution in [3.8, 4) is 0 Å². The number of halogens is 1. The molecule has 0 aliphatic rings. The zero-order valence-electron chi connectivity index (χ0n) is 7.85. The minimum atomic E-state index is 0.802. The molecule has 0 bridgehead atoms. The predicted octanol–water partition coefficient (Wildman–Crippen LogP) is 2.76. The number of hydrogen-bond donors (Lipinski definition) is 1. The van der Waals surface area contributed by atoms with Crippen molar-refractivity contribution in [2.24, 2.45) is 0 Å². The molecule has 0 radical (unpaired) electrons. The van der Waals surface area contributed by atoms with Gasteiger partial charge in [0.25, 0.3) is 0 Å². The first-order valence-electron chi connectivity index (χ1n) is 4.06. The van der Waals surface area contributed by atoms with Crippen LogP contribution in [0.1, 0.15) is 15.6 Å². The van der Waals surface area contributed by atoms with Crippen molar-refractivity contribution in [3.63, 3.8) is 0 Å². The standard InChI is InChI=1S/C9H13BrN2S/c1-6(10)4-11-5-9-7(2)12-8(3)13-9/h11H,1,4-5H2,2-3H3. The number of aromatic nitrogens is 1. The summed E-state index contributed by atoms with van der Waals surface area (Å²) in [7, 11) is 0. The van der Waals surface area contributed by atoms with Crippen LogP contribution in [-0.4, -0.2) is 11.5 Å². The number of nitrogens with one attached hydrogen (secondary N) is 1. The number of rotatable bonds is 4. The van der Waals surface area contributed by atoms with E-state index >= 15 is 0 Å². The third-order valence-corrected chi connectivity index (χ3v) is 2.96. The molecule has 0 amide bonds. The molecule has 0 spiro atoms. The number of thiazole rings is 1. The second kappa shape index (κ2) is 4.88. The van der Waals surface area contributed by atoms with E-state index in [1.54, 1.807) is 11.3 Å². The van der Waals surface area contributed by atoms with Crippen LogP contribution in [0.25, 0.3) is 0 Å². The Hall–Kier alpha value is -0.190. The van der Waals surface area contributed by atoms with Gasteiger partial charge in [-0.1, -0.05) is 22.5 Å². The number of nitrogens with zero attached hydrogens (tertiary/aromatic N) is 1. The summed E-state index contributed by atoms with van der Waals surface area (Å²) in [5.41, 5.74) is 1.13. The Morgan fingerprint density at radius 2 is 2.31 bits per heavy atom. The third kappa shape index (κ3) is 3.58. The second-order valence-electron chi connectivity index (χ2n) is 2.86. The van der Waals surface area contributed by atoms with E-state index in [4.69, 9.17) is 0 Å². The van der Waals surface area contributed by atoms with Crippen molar-refractivity contribution in [2.75, 3.05) is 6.54 Å². The molecule has 1 N–H and O–H groups in total. The lowest BCUT2D eigenvalue weighted by Gasteiger charge is -2.00. The minimum absolute atomic E-state index is 0.802. The summed E-state index contributed by atoms with van der Waals surface area (Å²) in [5, 5.41) is 4.41. The Morgan fingerprint density at radius 3 is 2.77 bits per heavy atom. The van der Waals surface area contributed by atoms with Crippen LogP contribution in [0, 0.1) is 13.8 Å². The fraction of sp³-hybridized carbons (Fsp3) is 0.444. The smallest absolute Gasteiger partial charge is 0.0900 e. The number of aryl methyl sites for hydroxylation is 2. The van der Waals surface area contributed by atoms with E-state index in [-0.39, 0.29) is 0 Å². The van der Waals surface area contributed by atoms with E-state index in [0.717, 1.165) is 28.3 Å². The molecule has 1 heterocycles. The average molecular weight is 261 g/mol. The van der Waals surface area contributed by atoms with Gasteiger partial charge in [-0.15, -0.1) is 11.3 Å². The highest BCUT2D eigenvalue weighted by Crippen LogP contribution is 2.16. The molecular weight excluding hydrogens is 248 g/mol. The molecule has 1 aromatic heterocycles. The highest BCUT2D eigenvalue weighted by molar-refractivity contribution is 9.11. The summed E-state index contributed by atoms with van der Waals surface area (Å²) in [6.45, 7) is 9.51. The van der Waals surface area contributed by atoms with Crippen molar-refractivity contribution >= 4 is 27.3 Å². The molecule has 0 fully saturated rings. The van der Waals surface area contributed by atoms with Crippen molar-refractivity contribution in [1.82, 2.24) is 10.3 Å². The average Bonchev–Trinajstić information content (AvgIpc) is 2.29. The Kier molecular flexibility index (Phi) is 4.09. The fourth-order valence-electron chi connectivity index (χ4n) is 1.05. The van der Waals surface area contributed by atoms with E-state index in [2.05, 4.69) is 32.8 Å². The van der Waals surface area contributed by atoms with E-state index in [9.17, 15) is 0 Å². The van der Waals surface area contributed by atoms with Gasteiger partial charge < -0.3 is 5.32 Å². The highest BCUT2D eigenvalue weighted by Gasteiger charge is 2.03. The van der Waals surface area contributed by atoms with Crippen LogP contribution in [0.2, 0.25) is 0 Å². The molecule has 0 aliphatic heterocycles. The summed E-state index contributed by atoms with van der Waals surface area (Å²) in [6.07, 6.45) is 0. The van der Waals surface area contributed by atoms with Crippen LogP contribution < -0.4 is 5.32 Å². The summed E-state index contributed by atoms with van der Waals surface area (Å²) < 4.78 is 0.978. The number of hydrogen-bond acceptors (Lipinski definition) is 3. The van der Waals surface area contributed by atoms with E-state index in [1.165, 1.54) is 4.88 Å². The molecule has 0 aliphatic carbocycles. The van der Waals surface area contributed by atoms with Crippen LogP contribution in [0.4, 0.5) is 0 Å². The molecule has 13 heavy (non-hydrogen) atoms. The summed E-state index contributed by atoms with van der Waals surface area (Å²) in [6, 6.07) is 0. The molecule has 0 unspecified atom stereocenters. The molecule has 1 rings (SSSR count). The zero-order chi connectivity index (χ0) is 9.84. The maximum Gasteiger partial charge on any atom is 0.0900 e. The summed E-state index contributed by atoms with van der Waals surface area (Å²) in [5.74, 6) is 0. The Morgan fingerprint density at radius 1 is 1.62 bits per heavy atom. The fourth-order valence-corrected chi connectivity index (χ4v) is 2.15. The SMILES string of the molecule is C=C(Br)CNCc1sc(C)nc1C. The first kappa shape index (κ1) is 10.9. The lowest BCUT2D eigenvalue weighted by atomic mass is 10.4. The first-order valence-corrected chi connectivity index (χ1v) is 5.67. The van der Waals surface area contributed by atoms with Gasteiger partial charge >= 0.3 is 0 Å². The minimum Gasteiger partial charge on any atom is -0.307 e. The molecule has 2 nitrogen and oxygen atoms in total. The Labute approximate surface area is 91.2 Å². The topological polar surface area (TPSA) is 24.9 Å². The molecule has 0 atom stereocenters. The molecule has 1 aromatic rings. The normalized spacial score (nSPS) is 10.4. The first-order chi connectivity index (χ1) is 6.09. The van der Waals surface area contributed by atoms with Gasteiger partial charge in [0.2, 0.25) is 0 Å². The molecular formula is C9H13BrN2S. The van der Waals surface area contributed by atoms with E-state index < -0.39 is 0 Å². The van der Waals surface area contributed by atoms with Gasteiger partial charge in [-0.2, -0.15) is 0 Å². The van der Waals surface area contributed by atoms with Gasteiger partial charge in [0.1, 0.15) is 0 Å². The van der Waals surface area contributed by atoms with Gasteiger partial charge in [0.05, 0.1) is 10.7 Å². The molecule has 0 saturated carbocycles. The van der Waals surface area contributed by atoms with Crippen molar-refractivity contribution in [3.05, 3.63) is 26.6 Å². The third-order valence-electron chi connectivity index (χ3n) is 1.60. The van der Waals surface area contributed by atoms with Gasteiger partial charge in [-0.3, -0.25) is 0 Å². The van der Waals surface area contributed by atoms with Crippen LogP contribution in [-0.2, 0) is 6.54 Å². The van der Waals surface area contributed by atoms with Gasteiger partial charge in [-0.05, 0) is 13.8 Å². The maximum absolute atomic E-state index is 4.35. The van der Waals surface area contributed by atoms with Crippen molar-refractivity contribution in [1.29, 1.82) is 0 Å². The molecule has 4 heteroatoms. The molecule has 0 aromatic carbocycles. The van der Waals surface area contributed by atoms with Gasteiger partial charge in [0.15, 0.2) is 0 Å². The Bertz CT molecular complexity index is 307. The predicted molar refractivity (Wildman–Crippen MR) is 61.4 cm³/mol. The van der Waals surface area contributed by atoms with E-state index in [1.807, 2.05) is 13.8 Å². The zero-order valence-corrected chi connectivity index (χ0v) is 10.3. The van der Waals surface area contributed by atoms with Crippen LogP contribution in [0.3, 0.4) is 0 Å². The quantitative estimate of drug-likeness (QED) is 0.901. The van der Waals surface area contributed by atoms with Crippen LogP contribution in [0.15, 0.2) is 11.1 Å². The molecule has 72 valence electrons. The lowest BCUT2D eigenvalue weighted by Crippen LogP contribution is -2.14.